The van der Waals surface area contributed by atoms with Gasteiger partial charge in [-0.3, -0.25) is 9.59 Å². The minimum atomic E-state index is -0.755. The predicted octanol–water partition coefficient (Wildman–Crippen LogP) is 9.34. The van der Waals surface area contributed by atoms with Crippen LogP contribution in [0.3, 0.4) is 0 Å². The average molecular weight is 928 g/mol. The van der Waals surface area contributed by atoms with Crippen LogP contribution >= 0.6 is 11.6 Å². The van der Waals surface area contributed by atoms with Gasteiger partial charge in [0.1, 0.15) is 48.4 Å². The van der Waals surface area contributed by atoms with E-state index in [1.807, 2.05) is 57.4 Å². The van der Waals surface area contributed by atoms with Crippen molar-refractivity contribution >= 4 is 35.6 Å². The van der Waals surface area contributed by atoms with Crippen molar-refractivity contribution < 1.29 is 38.1 Å². The normalized spacial score (nSPS) is 21.3. The fourth-order valence-electron chi connectivity index (χ4n) is 10.2. The number of nitrogens with zero attached hydrogens (tertiary/aromatic N) is 4. The highest BCUT2D eigenvalue weighted by Gasteiger charge is 2.44. The Kier molecular flexibility index (Phi) is 13.3. The summed E-state index contributed by atoms with van der Waals surface area (Å²) in [6, 6.07) is 5.95. The molecule has 354 valence electrons. The number of benzene rings is 2. The average Bonchev–Trinajstić information content (AvgIpc) is 4.12. The van der Waals surface area contributed by atoms with Crippen LogP contribution in [0.4, 0.5) is 9.59 Å². The lowest BCUT2D eigenvalue weighted by molar-refractivity contribution is -0.138. The number of hydrogen-bond donors (Lipinski definition) is 4. The van der Waals surface area contributed by atoms with Crippen LogP contribution in [0.15, 0.2) is 24.3 Å². The molecule has 17 heteroatoms. The van der Waals surface area contributed by atoms with E-state index in [9.17, 15) is 19.2 Å². The van der Waals surface area contributed by atoms with Crippen LogP contribution in [-0.4, -0.2) is 92.1 Å². The first-order valence-corrected chi connectivity index (χ1v) is 23.7. The molecule has 0 bridgehead atoms. The number of amides is 4. The second-order valence-corrected chi connectivity index (χ2v) is 19.2. The van der Waals surface area contributed by atoms with E-state index in [-0.39, 0.29) is 58.9 Å². The summed E-state index contributed by atoms with van der Waals surface area (Å²) in [7, 11) is 2.59. The molecule has 4 aromatic rings. The number of aromatic amines is 2. The van der Waals surface area contributed by atoms with Gasteiger partial charge in [-0.2, -0.15) is 0 Å². The summed E-state index contributed by atoms with van der Waals surface area (Å²) in [4.78, 5) is 73.9. The van der Waals surface area contributed by atoms with Crippen molar-refractivity contribution in [1.82, 2.24) is 40.4 Å². The molecule has 4 amide bonds. The minimum Gasteiger partial charge on any atom is -0.488 e. The number of carbonyl (C=O) groups is 4. The zero-order chi connectivity index (χ0) is 47.3. The Morgan fingerprint density at radius 1 is 0.712 bits per heavy atom. The third-order valence-electron chi connectivity index (χ3n) is 14.3. The number of alkyl carbamates (subject to hydrolysis) is 2. The van der Waals surface area contributed by atoms with Crippen LogP contribution in [0, 0.1) is 11.8 Å². The maximum Gasteiger partial charge on any atom is 0.407 e. The number of methoxy groups -OCH3 is 2. The summed E-state index contributed by atoms with van der Waals surface area (Å²) in [5.74, 6) is 2.26. The minimum absolute atomic E-state index is 0.0489. The van der Waals surface area contributed by atoms with Crippen molar-refractivity contribution in [2.45, 2.75) is 149 Å². The molecular formula is C49H63ClN8O8. The molecule has 4 aliphatic rings. The number of nitrogens with one attached hydrogen (secondary N) is 4. The van der Waals surface area contributed by atoms with Crippen molar-refractivity contribution in [1.29, 1.82) is 0 Å². The van der Waals surface area contributed by atoms with E-state index < -0.39 is 24.3 Å². The number of imidazole rings is 2. The van der Waals surface area contributed by atoms with Gasteiger partial charge in [0.05, 0.1) is 43.4 Å². The molecule has 2 aromatic carbocycles. The number of carbonyl (C=O) groups excluding carboxylic acids is 4. The zero-order valence-electron chi connectivity index (χ0n) is 39.6. The van der Waals surface area contributed by atoms with Crippen LogP contribution < -0.4 is 20.1 Å². The highest BCUT2D eigenvalue weighted by atomic mass is 35.5. The number of likely N-dealkylation sites (tertiary alicyclic amines) is 2. The molecule has 4 aliphatic heterocycles. The number of H-pyrrole nitrogens is 2. The Hall–Kier alpha value is -5.77. The summed E-state index contributed by atoms with van der Waals surface area (Å²) < 4.78 is 22.9. The Balaban J connectivity index is 1.09. The first-order valence-electron chi connectivity index (χ1n) is 23.4. The van der Waals surface area contributed by atoms with Gasteiger partial charge in [0.25, 0.3) is 0 Å². The van der Waals surface area contributed by atoms with Gasteiger partial charge in [0.15, 0.2) is 5.15 Å². The molecule has 2 fully saturated rings. The van der Waals surface area contributed by atoms with E-state index >= 15 is 0 Å². The van der Waals surface area contributed by atoms with Crippen LogP contribution in [-0.2, 0) is 32.3 Å². The van der Waals surface area contributed by atoms with Crippen LogP contribution in [0.25, 0.3) is 33.6 Å². The number of halogens is 1. The lowest BCUT2D eigenvalue weighted by Gasteiger charge is -2.33. The molecule has 0 spiro atoms. The molecule has 2 saturated heterocycles. The zero-order valence-corrected chi connectivity index (χ0v) is 40.4. The molecule has 8 rings (SSSR count). The van der Waals surface area contributed by atoms with Gasteiger partial charge >= 0.3 is 12.2 Å². The van der Waals surface area contributed by atoms with Crippen LogP contribution in [0.1, 0.15) is 140 Å². The van der Waals surface area contributed by atoms with E-state index in [1.165, 1.54) is 14.2 Å². The lowest BCUT2D eigenvalue weighted by Crippen LogP contribution is -2.53. The van der Waals surface area contributed by atoms with Crippen molar-refractivity contribution in [2.75, 3.05) is 14.2 Å². The van der Waals surface area contributed by atoms with Gasteiger partial charge in [0, 0.05) is 45.5 Å². The first-order chi connectivity index (χ1) is 31.6. The molecule has 8 atom stereocenters. The molecule has 0 saturated carbocycles. The molecule has 6 heterocycles. The van der Waals surface area contributed by atoms with Gasteiger partial charge in [-0.05, 0) is 81.5 Å². The van der Waals surface area contributed by atoms with E-state index in [0.717, 1.165) is 69.8 Å². The summed E-state index contributed by atoms with van der Waals surface area (Å²) in [6.07, 6.45) is 3.10. The molecule has 0 unspecified atom stereocenters. The van der Waals surface area contributed by atoms with Gasteiger partial charge in [0.2, 0.25) is 11.8 Å². The molecule has 2 aromatic heterocycles. The summed E-state index contributed by atoms with van der Waals surface area (Å²) >= 11 is 6.92. The monoisotopic (exact) mass is 926 g/mol. The Morgan fingerprint density at radius 3 is 1.59 bits per heavy atom. The molecule has 0 aliphatic carbocycles. The number of hydrogen-bond acceptors (Lipinski definition) is 10. The van der Waals surface area contributed by atoms with Crippen molar-refractivity contribution in [3.8, 4) is 45.1 Å². The first kappa shape index (κ1) is 46.7. The number of rotatable bonds is 13. The number of ether oxygens (including phenoxy) is 4. The van der Waals surface area contributed by atoms with Crippen molar-refractivity contribution in [2.24, 2.45) is 11.8 Å². The highest BCUT2D eigenvalue weighted by Crippen LogP contribution is 2.52. The number of aromatic nitrogens is 4. The van der Waals surface area contributed by atoms with E-state index in [4.69, 9.17) is 40.5 Å². The fourth-order valence-corrected chi connectivity index (χ4v) is 10.4. The lowest BCUT2D eigenvalue weighted by atomic mass is 9.87. The second kappa shape index (κ2) is 18.8. The largest absolute Gasteiger partial charge is 0.488 e. The van der Waals surface area contributed by atoms with Gasteiger partial charge in [-0.25, -0.2) is 19.6 Å². The topological polar surface area (TPSA) is 193 Å². The SMILES string of the molecule is CC[C@H](C)[C@H](NC(=O)OC)C(=O)N1[C@@H](C)CC[C@H]1c1nc(Cl)c(-c2cc3c4c(c2)OCc2cc(-c5[nH]c([C@@H]6CC[C@H](C)N6C(=O)[C@@H](NC(=O)OC)[C@@H](C)CC)nc5C(C)C)cc(c2-4)OC3)[nH]1. The summed E-state index contributed by atoms with van der Waals surface area (Å²) in [5.41, 5.74) is 7.93. The van der Waals surface area contributed by atoms with Crippen LogP contribution in [0.5, 0.6) is 11.5 Å². The molecule has 66 heavy (non-hydrogen) atoms. The highest BCUT2D eigenvalue weighted by molar-refractivity contribution is 6.32. The van der Waals surface area contributed by atoms with Gasteiger partial charge in [-0.15, -0.1) is 0 Å². The maximum absolute atomic E-state index is 14.3. The van der Waals surface area contributed by atoms with Crippen molar-refractivity contribution in [3.63, 3.8) is 0 Å². The van der Waals surface area contributed by atoms with Gasteiger partial charge in [-0.1, -0.05) is 66.0 Å². The maximum atomic E-state index is 14.3. The molecule has 0 radical (unpaired) electrons. The van der Waals surface area contributed by atoms with E-state index in [0.29, 0.717) is 55.6 Å². The molecular weight excluding hydrogens is 864 g/mol. The molecule has 16 nitrogen and oxygen atoms in total. The predicted molar refractivity (Wildman–Crippen MR) is 249 cm³/mol. The summed E-state index contributed by atoms with van der Waals surface area (Å²) in [6.45, 7) is 16.8. The Bertz CT molecular complexity index is 2470. The van der Waals surface area contributed by atoms with E-state index in [2.05, 4.69) is 52.6 Å². The Morgan fingerprint density at radius 2 is 1.15 bits per heavy atom. The van der Waals surface area contributed by atoms with Gasteiger partial charge < -0.3 is 49.3 Å². The smallest absolute Gasteiger partial charge is 0.407 e. The second-order valence-electron chi connectivity index (χ2n) is 18.8. The quantitative estimate of drug-likeness (QED) is 0.100. The summed E-state index contributed by atoms with van der Waals surface area (Å²) in [5, 5.41) is 5.85. The third-order valence-corrected chi connectivity index (χ3v) is 14.6. The van der Waals surface area contributed by atoms with Crippen LogP contribution in [0.2, 0.25) is 5.15 Å². The van der Waals surface area contributed by atoms with E-state index in [1.54, 1.807) is 0 Å². The third kappa shape index (κ3) is 8.45. The van der Waals surface area contributed by atoms with Crippen molar-refractivity contribution in [3.05, 3.63) is 57.9 Å². The fraction of sp³-hybridized carbons (Fsp3) is 0.551. The Labute approximate surface area is 391 Å². The molecule has 4 N–H and O–H groups in total. The standard InChI is InChI=1S/C49H63ClN8O8/c1-11-24(5)39(54-48(61)63-9)46(59)57-26(7)13-15-32(57)44-51-38(23(3)4)41(52-44)28-17-30-21-66-35-20-29(18-31-22-65-34(19-28)36(30)37(31)35)42-43(50)56-45(53-42)33-16-14-27(8)58(33)47(60)40(25(6)12-2)55-49(62)64-10/h17-20,23-27,32-33,39-40H,11-16,21-22H2,1-10H3,(H,51,52)(H,53,56)(H,54,61)(H,55,62)/t24-,25-,26-,27-,32-,33-,39-,40-/m0/s1.